The van der Waals surface area contributed by atoms with Gasteiger partial charge in [-0.15, -0.1) is 0 Å². The topological polar surface area (TPSA) is 33.1 Å². The Balaban J connectivity index is 1.87. The van der Waals surface area contributed by atoms with E-state index in [4.69, 9.17) is 12.2 Å². The summed E-state index contributed by atoms with van der Waals surface area (Å²) < 4.78 is 2.41. The van der Waals surface area contributed by atoms with Crippen molar-refractivity contribution in [3.8, 4) is 0 Å². The van der Waals surface area contributed by atoms with Gasteiger partial charge < -0.3 is 14.8 Å². The minimum Gasteiger partial charge on any atom is -0.351 e. The van der Waals surface area contributed by atoms with E-state index in [9.17, 15) is 0 Å². The summed E-state index contributed by atoms with van der Waals surface area (Å²) in [4.78, 5) is 6.93. The van der Waals surface area contributed by atoms with Crippen molar-refractivity contribution in [2.45, 2.75) is 59.2 Å². The zero-order chi connectivity index (χ0) is 21.4. The standard InChI is InChI=1S/C25H30N4S/c1-6-19-10-12-20(13-11-19)29-24(21-15-17(4)28(16(2)3)18(21)5)23(27-25(29)30)22-9-7-8-14-26-22/h7-16,23-24H,6H2,1-5H3,(H,27,30)/t23-,24-/m1/s1. The fourth-order valence-electron chi connectivity index (χ4n) is 4.74. The number of thiocarbonyl (C=S) groups is 1. The number of benzene rings is 1. The third-order valence-corrected chi connectivity index (χ3v) is 6.39. The second kappa shape index (κ2) is 8.23. The zero-order valence-corrected chi connectivity index (χ0v) is 19.2. The zero-order valence-electron chi connectivity index (χ0n) is 18.4. The molecule has 3 heterocycles. The summed E-state index contributed by atoms with van der Waals surface area (Å²) in [5.74, 6) is 0. The van der Waals surface area contributed by atoms with Crippen molar-refractivity contribution in [1.29, 1.82) is 0 Å². The van der Waals surface area contributed by atoms with E-state index in [0.717, 1.165) is 22.9 Å². The number of pyridine rings is 1. The van der Waals surface area contributed by atoms with Crippen LogP contribution in [0.3, 0.4) is 0 Å². The molecule has 0 aliphatic carbocycles. The SMILES string of the molecule is CCc1ccc(N2C(=S)N[C@H](c3ccccn3)[C@H]2c2cc(C)n(C(C)C)c2C)cc1. The van der Waals surface area contributed by atoms with Gasteiger partial charge in [0, 0.05) is 29.3 Å². The van der Waals surface area contributed by atoms with Gasteiger partial charge in [-0.05, 0) is 87.8 Å². The molecule has 1 aliphatic heterocycles. The summed E-state index contributed by atoms with van der Waals surface area (Å²) >= 11 is 5.85. The second-order valence-corrected chi connectivity index (χ2v) is 8.69. The van der Waals surface area contributed by atoms with Crippen molar-refractivity contribution in [3.63, 3.8) is 0 Å². The van der Waals surface area contributed by atoms with Crippen molar-refractivity contribution in [2.75, 3.05) is 4.90 Å². The van der Waals surface area contributed by atoms with E-state index in [0.29, 0.717) is 6.04 Å². The van der Waals surface area contributed by atoms with Gasteiger partial charge in [0.1, 0.15) is 0 Å². The Kier molecular flexibility index (Phi) is 5.65. The Labute approximate surface area is 184 Å². The van der Waals surface area contributed by atoms with E-state index in [1.54, 1.807) is 0 Å². The molecule has 2 aromatic heterocycles. The maximum absolute atomic E-state index is 5.85. The average Bonchev–Trinajstić information content (AvgIpc) is 3.24. The normalized spacial score (nSPS) is 18.9. The fraction of sp³-hybridized carbons (Fsp3) is 0.360. The van der Waals surface area contributed by atoms with Gasteiger partial charge in [0.05, 0.1) is 17.8 Å². The molecule has 0 unspecified atom stereocenters. The van der Waals surface area contributed by atoms with Gasteiger partial charge in [-0.2, -0.15) is 0 Å². The molecule has 0 bridgehead atoms. The van der Waals surface area contributed by atoms with Crippen LogP contribution < -0.4 is 10.2 Å². The van der Waals surface area contributed by atoms with Crippen LogP contribution in [0.5, 0.6) is 0 Å². The summed E-state index contributed by atoms with van der Waals surface area (Å²) in [6.45, 7) is 11.1. The van der Waals surface area contributed by atoms with Crippen LogP contribution in [0, 0.1) is 13.8 Å². The van der Waals surface area contributed by atoms with E-state index >= 15 is 0 Å². The second-order valence-electron chi connectivity index (χ2n) is 8.31. The molecule has 0 amide bonds. The molecule has 1 saturated heterocycles. The Bertz CT molecular complexity index is 1040. The number of aryl methyl sites for hydroxylation is 2. The number of anilines is 1. The Hall–Kier alpha value is -2.66. The fourth-order valence-corrected chi connectivity index (χ4v) is 5.08. The Morgan fingerprint density at radius 3 is 2.40 bits per heavy atom. The van der Waals surface area contributed by atoms with E-state index in [1.165, 1.54) is 22.5 Å². The summed E-state index contributed by atoms with van der Waals surface area (Å²) in [6, 6.07) is 17.6. The van der Waals surface area contributed by atoms with Gasteiger partial charge in [-0.25, -0.2) is 0 Å². The van der Waals surface area contributed by atoms with Crippen molar-refractivity contribution in [2.24, 2.45) is 0 Å². The molecule has 5 heteroatoms. The molecule has 4 nitrogen and oxygen atoms in total. The first-order valence-corrected chi connectivity index (χ1v) is 11.1. The van der Waals surface area contributed by atoms with Gasteiger partial charge >= 0.3 is 0 Å². The maximum atomic E-state index is 5.85. The quantitative estimate of drug-likeness (QED) is 0.529. The molecule has 3 aromatic rings. The molecule has 1 aromatic carbocycles. The summed E-state index contributed by atoms with van der Waals surface area (Å²) in [5, 5.41) is 4.31. The number of hydrogen-bond donors (Lipinski definition) is 1. The van der Waals surface area contributed by atoms with Gasteiger partial charge in [-0.3, -0.25) is 4.98 Å². The van der Waals surface area contributed by atoms with Crippen LogP contribution >= 0.6 is 12.2 Å². The minimum atomic E-state index is -0.00864. The molecular formula is C25H30N4S. The van der Waals surface area contributed by atoms with Gasteiger partial charge in [-0.1, -0.05) is 25.1 Å². The monoisotopic (exact) mass is 418 g/mol. The lowest BCUT2D eigenvalue weighted by molar-refractivity contribution is 0.547. The number of nitrogens with one attached hydrogen (secondary N) is 1. The van der Waals surface area contributed by atoms with Crippen molar-refractivity contribution < 1.29 is 0 Å². The van der Waals surface area contributed by atoms with Crippen molar-refractivity contribution in [1.82, 2.24) is 14.9 Å². The number of rotatable bonds is 5. The highest BCUT2D eigenvalue weighted by atomic mass is 32.1. The lowest BCUT2D eigenvalue weighted by atomic mass is 9.96. The van der Waals surface area contributed by atoms with Gasteiger partial charge in [0.25, 0.3) is 0 Å². The van der Waals surface area contributed by atoms with Crippen molar-refractivity contribution >= 4 is 23.0 Å². The first kappa shape index (κ1) is 20.6. The molecule has 156 valence electrons. The largest absolute Gasteiger partial charge is 0.351 e. The van der Waals surface area contributed by atoms with E-state index in [2.05, 4.69) is 90.8 Å². The summed E-state index contributed by atoms with van der Waals surface area (Å²) in [5.41, 5.74) is 7.30. The van der Waals surface area contributed by atoms with Gasteiger partial charge in [0.15, 0.2) is 5.11 Å². The van der Waals surface area contributed by atoms with Crippen LogP contribution in [-0.2, 0) is 6.42 Å². The Morgan fingerprint density at radius 1 is 1.10 bits per heavy atom. The highest BCUT2D eigenvalue weighted by molar-refractivity contribution is 7.80. The Morgan fingerprint density at radius 2 is 1.83 bits per heavy atom. The molecule has 1 fully saturated rings. The third-order valence-electron chi connectivity index (χ3n) is 6.08. The first-order valence-electron chi connectivity index (χ1n) is 10.7. The van der Waals surface area contributed by atoms with Gasteiger partial charge in [0.2, 0.25) is 0 Å². The highest BCUT2D eigenvalue weighted by Crippen LogP contribution is 2.43. The van der Waals surface area contributed by atoms with E-state index < -0.39 is 0 Å². The smallest absolute Gasteiger partial charge is 0.174 e. The average molecular weight is 419 g/mol. The lowest BCUT2D eigenvalue weighted by Gasteiger charge is -2.28. The van der Waals surface area contributed by atoms with Crippen molar-refractivity contribution in [3.05, 3.63) is 82.9 Å². The molecular weight excluding hydrogens is 388 g/mol. The molecule has 0 radical (unpaired) electrons. The predicted molar refractivity (Wildman–Crippen MR) is 128 cm³/mol. The van der Waals surface area contributed by atoms with Crippen LogP contribution in [0.25, 0.3) is 0 Å². The molecule has 1 aliphatic rings. The number of aromatic nitrogens is 2. The van der Waals surface area contributed by atoms with E-state index in [-0.39, 0.29) is 12.1 Å². The first-order chi connectivity index (χ1) is 14.4. The number of hydrogen-bond acceptors (Lipinski definition) is 2. The molecule has 4 rings (SSSR count). The summed E-state index contributed by atoms with van der Waals surface area (Å²) in [7, 11) is 0. The molecule has 1 N–H and O–H groups in total. The van der Waals surface area contributed by atoms with Crippen LogP contribution in [0.4, 0.5) is 5.69 Å². The highest BCUT2D eigenvalue weighted by Gasteiger charge is 2.42. The van der Waals surface area contributed by atoms with Crippen LogP contribution in [0.15, 0.2) is 54.7 Å². The molecule has 0 saturated carbocycles. The van der Waals surface area contributed by atoms with E-state index in [1.807, 2.05) is 18.3 Å². The van der Waals surface area contributed by atoms with Crippen LogP contribution in [-0.4, -0.2) is 14.7 Å². The molecule has 30 heavy (non-hydrogen) atoms. The third kappa shape index (κ3) is 3.52. The summed E-state index contributed by atoms with van der Waals surface area (Å²) in [6.07, 6.45) is 2.88. The predicted octanol–water partition coefficient (Wildman–Crippen LogP) is 5.82. The molecule has 2 atom stereocenters. The maximum Gasteiger partial charge on any atom is 0.174 e. The van der Waals surface area contributed by atoms with Crippen LogP contribution in [0.2, 0.25) is 0 Å². The molecule has 0 spiro atoms. The van der Waals surface area contributed by atoms with Crippen LogP contribution in [0.1, 0.15) is 67.1 Å². The lowest BCUT2D eigenvalue weighted by Crippen LogP contribution is -2.29. The minimum absolute atomic E-state index is 0.00864. The number of nitrogens with zero attached hydrogens (tertiary/aromatic N) is 3.